The molecule has 0 bridgehead atoms. The van der Waals surface area contributed by atoms with Gasteiger partial charge in [-0.2, -0.15) is 0 Å². The van der Waals surface area contributed by atoms with Crippen LogP contribution in [0.3, 0.4) is 0 Å². The zero-order valence-corrected chi connectivity index (χ0v) is 13.6. The average Bonchev–Trinajstić information content (AvgIpc) is 2.91. The summed E-state index contributed by atoms with van der Waals surface area (Å²) in [6, 6.07) is 9.33. The highest BCUT2D eigenvalue weighted by Crippen LogP contribution is 2.35. The lowest BCUT2D eigenvalue weighted by Gasteiger charge is -2.35. The summed E-state index contributed by atoms with van der Waals surface area (Å²) in [6.45, 7) is 3.15. The van der Waals surface area contributed by atoms with Crippen LogP contribution >= 0.6 is 15.9 Å². The van der Waals surface area contributed by atoms with Crippen molar-refractivity contribution in [1.82, 2.24) is 4.90 Å². The monoisotopic (exact) mass is 337 g/mol. The average molecular weight is 338 g/mol. The Morgan fingerprint density at radius 1 is 1.15 bits per heavy atom. The van der Waals surface area contributed by atoms with E-state index < -0.39 is 0 Å². The summed E-state index contributed by atoms with van der Waals surface area (Å²) in [4.78, 5) is 2.70. The molecule has 1 fully saturated rings. The number of benzene rings is 1. The quantitative estimate of drug-likeness (QED) is 0.747. The fourth-order valence-corrected chi connectivity index (χ4v) is 4.10. The molecule has 3 rings (SSSR count). The molecule has 0 aromatic heterocycles. The van der Waals surface area contributed by atoms with Crippen molar-refractivity contribution in [3.63, 3.8) is 0 Å². The molecule has 20 heavy (non-hydrogen) atoms. The van der Waals surface area contributed by atoms with E-state index in [2.05, 4.69) is 45.1 Å². The number of fused-ring (bicyclic) bond motifs is 1. The zero-order chi connectivity index (χ0) is 13.8. The van der Waals surface area contributed by atoms with Crippen molar-refractivity contribution in [1.29, 1.82) is 0 Å². The van der Waals surface area contributed by atoms with Gasteiger partial charge in [0.25, 0.3) is 0 Å². The summed E-state index contributed by atoms with van der Waals surface area (Å²) in [7, 11) is 0. The molecule has 1 aromatic carbocycles. The van der Waals surface area contributed by atoms with Gasteiger partial charge < -0.3 is 4.74 Å². The van der Waals surface area contributed by atoms with Gasteiger partial charge in [0.05, 0.1) is 6.61 Å². The van der Waals surface area contributed by atoms with E-state index in [0.29, 0.717) is 5.92 Å². The zero-order valence-electron chi connectivity index (χ0n) is 12.1. The largest absolute Gasteiger partial charge is 0.493 e. The molecule has 0 saturated heterocycles. The van der Waals surface area contributed by atoms with E-state index in [0.717, 1.165) is 36.8 Å². The van der Waals surface area contributed by atoms with Crippen molar-refractivity contribution < 1.29 is 4.74 Å². The topological polar surface area (TPSA) is 12.5 Å². The van der Waals surface area contributed by atoms with Gasteiger partial charge in [-0.3, -0.25) is 4.90 Å². The number of rotatable bonds is 5. The number of alkyl halides is 1. The van der Waals surface area contributed by atoms with Crippen LogP contribution in [-0.4, -0.2) is 36.0 Å². The molecule has 110 valence electrons. The third-order valence-electron chi connectivity index (χ3n) is 4.72. The van der Waals surface area contributed by atoms with Gasteiger partial charge in [0.1, 0.15) is 5.75 Å². The summed E-state index contributed by atoms with van der Waals surface area (Å²) in [5.74, 6) is 1.65. The summed E-state index contributed by atoms with van der Waals surface area (Å²) in [6.07, 6.45) is 6.99. The van der Waals surface area contributed by atoms with Crippen molar-refractivity contribution in [3.05, 3.63) is 29.8 Å². The van der Waals surface area contributed by atoms with Gasteiger partial charge in [-0.25, -0.2) is 0 Å². The second kappa shape index (κ2) is 6.95. The molecule has 2 aliphatic rings. The van der Waals surface area contributed by atoms with Crippen LogP contribution in [0.2, 0.25) is 0 Å². The summed E-state index contributed by atoms with van der Waals surface area (Å²) >= 11 is 3.62. The van der Waals surface area contributed by atoms with E-state index in [9.17, 15) is 0 Å². The first-order valence-corrected chi connectivity index (χ1v) is 9.02. The maximum Gasteiger partial charge on any atom is 0.122 e. The Morgan fingerprint density at radius 3 is 2.75 bits per heavy atom. The van der Waals surface area contributed by atoms with E-state index in [1.807, 2.05) is 0 Å². The molecule has 1 atom stereocenters. The highest BCUT2D eigenvalue weighted by atomic mass is 79.9. The minimum Gasteiger partial charge on any atom is -0.493 e. The lowest BCUT2D eigenvalue weighted by atomic mass is 9.92. The van der Waals surface area contributed by atoms with E-state index in [1.54, 1.807) is 0 Å². The number of hydrogen-bond acceptors (Lipinski definition) is 2. The maximum atomic E-state index is 5.84. The van der Waals surface area contributed by atoms with Gasteiger partial charge in [0, 0.05) is 35.9 Å². The van der Waals surface area contributed by atoms with Crippen molar-refractivity contribution in [2.24, 2.45) is 0 Å². The van der Waals surface area contributed by atoms with Gasteiger partial charge in [0.2, 0.25) is 0 Å². The standard InChI is InChI=1S/C17H24BrNO/c18-10-11-19(15-6-2-1-3-7-15)12-14-13-20-17-9-5-4-8-16(14)17/h4-5,8-9,14-15H,1-3,6-7,10-13H2. The first-order chi connectivity index (χ1) is 9.88. The van der Waals surface area contributed by atoms with Crippen LogP contribution < -0.4 is 4.74 Å². The molecule has 2 nitrogen and oxygen atoms in total. The third-order valence-corrected chi connectivity index (χ3v) is 5.07. The van der Waals surface area contributed by atoms with Crippen molar-refractivity contribution in [2.45, 2.75) is 44.1 Å². The Morgan fingerprint density at radius 2 is 1.95 bits per heavy atom. The van der Waals surface area contributed by atoms with Crippen LogP contribution in [0.25, 0.3) is 0 Å². The smallest absolute Gasteiger partial charge is 0.122 e. The number of hydrogen-bond donors (Lipinski definition) is 0. The molecule has 0 radical (unpaired) electrons. The van der Waals surface area contributed by atoms with E-state index in [-0.39, 0.29) is 0 Å². The van der Waals surface area contributed by atoms with Crippen LogP contribution in [-0.2, 0) is 0 Å². The van der Waals surface area contributed by atoms with E-state index in [1.165, 1.54) is 37.7 Å². The Labute approximate surface area is 130 Å². The fraction of sp³-hybridized carbons (Fsp3) is 0.647. The molecule has 1 aromatic rings. The van der Waals surface area contributed by atoms with Crippen LogP contribution in [0.1, 0.15) is 43.6 Å². The number of ether oxygens (including phenoxy) is 1. The molecule has 1 aliphatic heterocycles. The molecule has 1 aliphatic carbocycles. The summed E-state index contributed by atoms with van der Waals surface area (Å²) in [5, 5.41) is 1.07. The third kappa shape index (κ3) is 3.20. The van der Waals surface area contributed by atoms with Crippen LogP contribution in [0.15, 0.2) is 24.3 Å². The normalized spacial score (nSPS) is 22.8. The second-order valence-corrected chi connectivity index (χ2v) is 6.81. The molecule has 0 N–H and O–H groups in total. The molecule has 3 heteroatoms. The number of halogens is 1. The summed E-state index contributed by atoms with van der Waals surface area (Å²) < 4.78 is 5.84. The Bertz CT molecular complexity index is 431. The maximum absolute atomic E-state index is 5.84. The van der Waals surface area contributed by atoms with Crippen LogP contribution in [0.4, 0.5) is 0 Å². The van der Waals surface area contributed by atoms with Crippen molar-refractivity contribution in [2.75, 3.05) is 25.0 Å². The van der Waals surface area contributed by atoms with E-state index in [4.69, 9.17) is 4.74 Å². The van der Waals surface area contributed by atoms with Gasteiger partial charge >= 0.3 is 0 Å². The SMILES string of the molecule is BrCCN(CC1COc2ccccc21)C1CCCCC1. The van der Waals surface area contributed by atoms with Crippen LogP contribution in [0, 0.1) is 0 Å². The Kier molecular flexibility index (Phi) is 5.00. The predicted octanol–water partition coefficient (Wildman–Crippen LogP) is 4.19. The lowest BCUT2D eigenvalue weighted by Crippen LogP contribution is -2.41. The molecular formula is C17H24BrNO. The van der Waals surface area contributed by atoms with Gasteiger partial charge in [0.15, 0.2) is 0 Å². The molecular weight excluding hydrogens is 314 g/mol. The molecule has 1 unspecified atom stereocenters. The molecule has 1 heterocycles. The lowest BCUT2D eigenvalue weighted by molar-refractivity contribution is 0.149. The van der Waals surface area contributed by atoms with Crippen molar-refractivity contribution >= 4 is 15.9 Å². The number of para-hydroxylation sites is 1. The first-order valence-electron chi connectivity index (χ1n) is 7.90. The fourth-order valence-electron chi connectivity index (χ4n) is 3.64. The molecule has 0 spiro atoms. The minimum absolute atomic E-state index is 0.548. The highest BCUT2D eigenvalue weighted by molar-refractivity contribution is 9.09. The Balaban J connectivity index is 1.67. The summed E-state index contributed by atoms with van der Waals surface area (Å²) in [5.41, 5.74) is 1.41. The number of nitrogens with zero attached hydrogens (tertiary/aromatic N) is 1. The second-order valence-electron chi connectivity index (χ2n) is 6.02. The molecule has 1 saturated carbocycles. The molecule has 0 amide bonds. The van der Waals surface area contributed by atoms with Crippen LogP contribution in [0.5, 0.6) is 5.75 Å². The highest BCUT2D eigenvalue weighted by Gasteiger charge is 2.28. The minimum atomic E-state index is 0.548. The van der Waals surface area contributed by atoms with Gasteiger partial charge in [-0.15, -0.1) is 0 Å². The van der Waals surface area contributed by atoms with Gasteiger partial charge in [-0.05, 0) is 18.9 Å². The predicted molar refractivity (Wildman–Crippen MR) is 86.9 cm³/mol. The van der Waals surface area contributed by atoms with Gasteiger partial charge in [-0.1, -0.05) is 53.4 Å². The Hall–Kier alpha value is -0.540. The van der Waals surface area contributed by atoms with Crippen molar-refractivity contribution in [3.8, 4) is 5.75 Å². The van der Waals surface area contributed by atoms with E-state index >= 15 is 0 Å². The first kappa shape index (κ1) is 14.4.